The van der Waals surface area contributed by atoms with E-state index in [9.17, 15) is 22.8 Å². The Morgan fingerprint density at radius 1 is 1.07 bits per heavy atom. The Bertz CT molecular complexity index is 980. The fourth-order valence-electron chi connectivity index (χ4n) is 2.55. The molecule has 0 aliphatic carbocycles. The number of halogens is 3. The summed E-state index contributed by atoms with van der Waals surface area (Å²) in [6.45, 7) is 0. The summed E-state index contributed by atoms with van der Waals surface area (Å²) in [7, 11) is 5.35. The average molecular weight is 406 g/mol. The number of nitrogens with one attached hydrogen (secondary N) is 3. The van der Waals surface area contributed by atoms with E-state index < -0.39 is 11.7 Å². The summed E-state index contributed by atoms with van der Waals surface area (Å²) in [6.07, 6.45) is -2.08. The molecule has 3 rings (SSSR count). The lowest BCUT2D eigenvalue weighted by molar-refractivity contribution is -0.137. The molecular formula is C20H21F3N4O2. The molecule has 0 radical (unpaired) electrons. The fraction of sp³-hybridized carbons (Fsp3) is 0.200. The lowest BCUT2D eigenvalue weighted by atomic mass is 10.1. The summed E-state index contributed by atoms with van der Waals surface area (Å²) < 4.78 is 36.0. The zero-order valence-corrected chi connectivity index (χ0v) is 16.1. The Morgan fingerprint density at radius 3 is 2.24 bits per heavy atom. The summed E-state index contributed by atoms with van der Waals surface area (Å²) >= 11 is 0. The summed E-state index contributed by atoms with van der Waals surface area (Å²) in [6, 6.07) is 9.98. The van der Waals surface area contributed by atoms with Crippen LogP contribution in [-0.2, 0) is 11.0 Å². The van der Waals surface area contributed by atoms with Gasteiger partial charge in [0.25, 0.3) is 5.91 Å². The van der Waals surface area contributed by atoms with Gasteiger partial charge in [-0.2, -0.15) is 13.2 Å². The average Bonchev–Trinajstić information content (AvgIpc) is 3.15. The molecule has 1 heterocycles. The first-order valence-electron chi connectivity index (χ1n) is 8.55. The van der Waals surface area contributed by atoms with E-state index in [2.05, 4.69) is 15.6 Å². The SMILES string of the molecule is CNc1cc(C(=O)N(C)C)c2cc[nH]c2c1.O=CNc1ccc(C(F)(F)F)cc1. The minimum Gasteiger partial charge on any atom is -0.388 e. The van der Waals surface area contributed by atoms with E-state index in [0.29, 0.717) is 17.7 Å². The highest BCUT2D eigenvalue weighted by Gasteiger charge is 2.29. The highest BCUT2D eigenvalue weighted by atomic mass is 19.4. The number of benzene rings is 2. The maximum absolute atomic E-state index is 12.0. The normalized spacial score (nSPS) is 10.7. The monoisotopic (exact) mass is 406 g/mol. The van der Waals surface area contributed by atoms with E-state index >= 15 is 0 Å². The quantitative estimate of drug-likeness (QED) is 0.569. The predicted molar refractivity (Wildman–Crippen MR) is 107 cm³/mol. The van der Waals surface area contributed by atoms with Crippen molar-refractivity contribution in [1.82, 2.24) is 9.88 Å². The molecule has 0 atom stereocenters. The molecule has 0 spiro atoms. The zero-order chi connectivity index (χ0) is 21.6. The number of H-pyrrole nitrogens is 1. The van der Waals surface area contributed by atoms with Crippen molar-refractivity contribution in [2.24, 2.45) is 0 Å². The minimum atomic E-state index is -4.33. The number of amides is 2. The maximum atomic E-state index is 12.0. The van der Waals surface area contributed by atoms with Crippen LogP contribution in [0.4, 0.5) is 24.5 Å². The van der Waals surface area contributed by atoms with Gasteiger partial charge in [-0.3, -0.25) is 9.59 Å². The molecule has 0 aliphatic heterocycles. The van der Waals surface area contributed by atoms with Crippen LogP contribution in [0.1, 0.15) is 15.9 Å². The molecule has 0 unspecified atom stereocenters. The summed E-state index contributed by atoms with van der Waals surface area (Å²) in [4.78, 5) is 26.6. The number of carbonyl (C=O) groups excluding carboxylic acids is 2. The third kappa shape index (κ3) is 5.50. The largest absolute Gasteiger partial charge is 0.416 e. The van der Waals surface area contributed by atoms with Crippen LogP contribution >= 0.6 is 0 Å². The Labute approximate surface area is 165 Å². The van der Waals surface area contributed by atoms with Crippen LogP contribution in [0.3, 0.4) is 0 Å². The maximum Gasteiger partial charge on any atom is 0.416 e. The van der Waals surface area contributed by atoms with Gasteiger partial charge in [0.05, 0.1) is 11.1 Å². The number of anilines is 2. The summed E-state index contributed by atoms with van der Waals surface area (Å²) in [5.74, 6) is 0.0155. The van der Waals surface area contributed by atoms with Crippen molar-refractivity contribution in [1.29, 1.82) is 0 Å². The van der Waals surface area contributed by atoms with Gasteiger partial charge >= 0.3 is 6.18 Å². The molecule has 1 aromatic heterocycles. The Morgan fingerprint density at radius 2 is 1.72 bits per heavy atom. The molecule has 0 aliphatic rings. The molecule has 29 heavy (non-hydrogen) atoms. The van der Waals surface area contributed by atoms with Gasteiger partial charge in [-0.25, -0.2) is 0 Å². The second kappa shape index (κ2) is 9.13. The van der Waals surface area contributed by atoms with Crippen molar-refractivity contribution in [2.45, 2.75) is 6.18 Å². The van der Waals surface area contributed by atoms with Gasteiger partial charge in [0.1, 0.15) is 0 Å². The number of rotatable bonds is 4. The van der Waals surface area contributed by atoms with Crippen molar-refractivity contribution in [3.63, 3.8) is 0 Å². The topological polar surface area (TPSA) is 77.2 Å². The molecule has 6 nitrogen and oxygen atoms in total. The van der Waals surface area contributed by atoms with E-state index in [4.69, 9.17) is 0 Å². The summed E-state index contributed by atoms with van der Waals surface area (Å²) in [5, 5.41) is 6.25. The van der Waals surface area contributed by atoms with Crippen molar-refractivity contribution in [3.8, 4) is 0 Å². The number of alkyl halides is 3. The molecule has 0 saturated heterocycles. The third-order valence-electron chi connectivity index (χ3n) is 4.03. The minimum absolute atomic E-state index is 0.0155. The van der Waals surface area contributed by atoms with Gasteiger partial charge in [0, 0.05) is 49.6 Å². The zero-order valence-electron chi connectivity index (χ0n) is 16.1. The van der Waals surface area contributed by atoms with E-state index in [0.717, 1.165) is 28.7 Å². The number of carbonyl (C=O) groups is 2. The fourth-order valence-corrected chi connectivity index (χ4v) is 2.55. The highest BCUT2D eigenvalue weighted by Crippen LogP contribution is 2.29. The van der Waals surface area contributed by atoms with Crippen LogP contribution in [0.2, 0.25) is 0 Å². The van der Waals surface area contributed by atoms with E-state index in [1.54, 1.807) is 19.0 Å². The van der Waals surface area contributed by atoms with Gasteiger partial charge in [-0.05, 0) is 42.5 Å². The predicted octanol–water partition coefficient (Wildman–Crippen LogP) is 4.19. The lowest BCUT2D eigenvalue weighted by Crippen LogP contribution is -2.21. The molecule has 154 valence electrons. The van der Waals surface area contributed by atoms with E-state index in [-0.39, 0.29) is 5.91 Å². The molecule has 9 heteroatoms. The van der Waals surface area contributed by atoms with E-state index in [1.165, 1.54) is 12.1 Å². The first-order valence-corrected chi connectivity index (χ1v) is 8.55. The summed E-state index contributed by atoms with van der Waals surface area (Å²) in [5.41, 5.74) is 2.22. The van der Waals surface area contributed by atoms with Gasteiger partial charge < -0.3 is 20.5 Å². The van der Waals surface area contributed by atoms with Crippen LogP contribution < -0.4 is 10.6 Å². The molecule has 2 amide bonds. The Hall–Kier alpha value is -3.49. The van der Waals surface area contributed by atoms with Gasteiger partial charge in [0.2, 0.25) is 6.41 Å². The van der Waals surface area contributed by atoms with Gasteiger partial charge in [0.15, 0.2) is 0 Å². The lowest BCUT2D eigenvalue weighted by Gasteiger charge is -2.12. The molecule has 0 fully saturated rings. The number of hydrogen-bond donors (Lipinski definition) is 3. The van der Waals surface area contributed by atoms with E-state index in [1.807, 2.05) is 31.4 Å². The first-order chi connectivity index (χ1) is 13.7. The number of fused-ring (bicyclic) bond motifs is 1. The van der Waals surface area contributed by atoms with Crippen molar-refractivity contribution >= 4 is 34.6 Å². The molecule has 3 aromatic rings. The first kappa shape index (κ1) is 21.8. The molecule has 3 N–H and O–H groups in total. The van der Waals surface area contributed by atoms with Crippen LogP contribution in [0, 0.1) is 0 Å². The third-order valence-corrected chi connectivity index (χ3v) is 4.03. The van der Waals surface area contributed by atoms with Crippen LogP contribution in [0.5, 0.6) is 0 Å². The van der Waals surface area contributed by atoms with Crippen molar-refractivity contribution in [2.75, 3.05) is 31.8 Å². The highest BCUT2D eigenvalue weighted by molar-refractivity contribution is 6.07. The molecule has 2 aromatic carbocycles. The number of aromatic amines is 1. The number of hydrogen-bond acceptors (Lipinski definition) is 3. The molecule has 0 saturated carbocycles. The molecular weight excluding hydrogens is 385 g/mol. The van der Waals surface area contributed by atoms with Crippen molar-refractivity contribution in [3.05, 3.63) is 59.8 Å². The molecule has 0 bridgehead atoms. The second-order valence-electron chi connectivity index (χ2n) is 6.25. The smallest absolute Gasteiger partial charge is 0.388 e. The van der Waals surface area contributed by atoms with Gasteiger partial charge in [-0.1, -0.05) is 0 Å². The van der Waals surface area contributed by atoms with Crippen LogP contribution in [0.25, 0.3) is 10.9 Å². The number of nitrogens with zero attached hydrogens (tertiary/aromatic N) is 1. The van der Waals surface area contributed by atoms with Crippen LogP contribution in [-0.4, -0.2) is 43.3 Å². The standard InChI is InChI=1S/C12H15N3O.C8H6F3NO/c1-13-8-6-10(12(16)15(2)3)9-4-5-14-11(9)7-8;9-8(10,11)6-1-3-7(4-2-6)12-5-13/h4-7,13-14H,1-3H3;1-5H,(H,12,13). The van der Waals surface area contributed by atoms with Crippen molar-refractivity contribution < 1.29 is 22.8 Å². The number of aromatic nitrogens is 1. The van der Waals surface area contributed by atoms with Gasteiger partial charge in [-0.15, -0.1) is 0 Å². The second-order valence-corrected chi connectivity index (χ2v) is 6.25. The Balaban J connectivity index is 0.000000212. The van der Waals surface area contributed by atoms with Crippen LogP contribution in [0.15, 0.2) is 48.7 Å². The Kier molecular flexibility index (Phi) is 6.87.